The van der Waals surface area contributed by atoms with Gasteiger partial charge in [-0.25, -0.2) is 0 Å². The van der Waals surface area contributed by atoms with Crippen molar-refractivity contribution in [2.24, 2.45) is 22.3 Å². The maximum Gasteiger partial charge on any atom is 0.0691 e. The van der Waals surface area contributed by atoms with E-state index in [0.29, 0.717) is 6.54 Å². The van der Waals surface area contributed by atoms with Crippen molar-refractivity contribution in [2.45, 2.75) is 84.0 Å². The third kappa shape index (κ3) is 7.29. The molecule has 4 atom stereocenters. The fraction of sp³-hybridized carbons (Fsp3) is 1.00. The fourth-order valence-corrected chi connectivity index (χ4v) is 3.87. The highest BCUT2D eigenvalue weighted by Crippen LogP contribution is 2.45. The van der Waals surface area contributed by atoms with E-state index in [9.17, 15) is 5.11 Å². The van der Waals surface area contributed by atoms with Gasteiger partial charge in [0.25, 0.3) is 0 Å². The van der Waals surface area contributed by atoms with E-state index < -0.39 is 0 Å². The minimum atomic E-state index is -0.219. The van der Waals surface area contributed by atoms with E-state index in [2.05, 4.69) is 20.8 Å². The summed E-state index contributed by atoms with van der Waals surface area (Å²) in [5.74, 6) is 0. The van der Waals surface area contributed by atoms with Crippen molar-refractivity contribution in [3.05, 3.63) is 0 Å². The molecule has 0 aromatic heterocycles. The zero-order valence-electron chi connectivity index (χ0n) is 13.8. The van der Waals surface area contributed by atoms with Crippen LogP contribution in [-0.2, 0) is 0 Å². The van der Waals surface area contributed by atoms with E-state index in [1.54, 1.807) is 0 Å². The van der Waals surface area contributed by atoms with E-state index >= 15 is 0 Å². The zero-order valence-corrected chi connectivity index (χ0v) is 14.7. The first-order valence-electron chi connectivity index (χ1n) is 7.99. The minimum Gasteiger partial charge on any atom is -0.393 e. The lowest BCUT2D eigenvalue weighted by atomic mass is 9.63. The second kappa shape index (κ2) is 8.68. The summed E-state index contributed by atoms with van der Waals surface area (Å²) in [5, 5.41) is 18.7. The Bertz CT molecular complexity index is 292. The Morgan fingerprint density at radius 1 is 1.05 bits per heavy atom. The van der Waals surface area contributed by atoms with Gasteiger partial charge in [0.15, 0.2) is 0 Å². The predicted octanol–water partition coefficient (Wildman–Crippen LogP) is 2.19. The Hall–Kier alpha value is 0.130. The molecule has 0 radical (unpaired) electrons. The number of halogens is 1. The molecule has 2 fully saturated rings. The van der Waals surface area contributed by atoms with Gasteiger partial charge in [-0.15, -0.1) is 12.4 Å². The highest BCUT2D eigenvalue weighted by molar-refractivity contribution is 5.85. The van der Waals surface area contributed by atoms with E-state index in [0.717, 1.165) is 38.5 Å². The summed E-state index contributed by atoms with van der Waals surface area (Å²) < 4.78 is 0. The number of hydrogen-bond acceptors (Lipinski definition) is 4. The molecule has 2 aliphatic rings. The molecule has 0 spiro atoms. The van der Waals surface area contributed by atoms with Gasteiger partial charge in [-0.05, 0) is 49.5 Å². The lowest BCUT2D eigenvalue weighted by Crippen LogP contribution is -2.42. The summed E-state index contributed by atoms with van der Waals surface area (Å²) in [7, 11) is 0. The molecule has 0 amide bonds. The maximum atomic E-state index is 9.66. The molecule has 21 heavy (non-hydrogen) atoms. The van der Waals surface area contributed by atoms with Crippen LogP contribution in [0.3, 0.4) is 0 Å². The van der Waals surface area contributed by atoms with Crippen molar-refractivity contribution in [3.63, 3.8) is 0 Å². The van der Waals surface area contributed by atoms with Crippen LogP contribution in [0.15, 0.2) is 0 Å². The lowest BCUT2D eigenvalue weighted by Gasteiger charge is -2.44. The molecule has 5 heteroatoms. The van der Waals surface area contributed by atoms with Crippen LogP contribution in [0, 0.1) is 10.8 Å². The fourth-order valence-electron chi connectivity index (χ4n) is 3.87. The van der Waals surface area contributed by atoms with Gasteiger partial charge in [-0.3, -0.25) is 0 Å². The van der Waals surface area contributed by atoms with Crippen molar-refractivity contribution in [1.29, 1.82) is 0 Å². The van der Waals surface area contributed by atoms with Gasteiger partial charge in [0, 0.05) is 6.04 Å². The van der Waals surface area contributed by atoms with Gasteiger partial charge >= 0.3 is 0 Å². The standard InChI is InChI=1S/C10H21NO.C6H13NO.ClH/c1-9(2)4-8(12)5-10(3,6-9)7-11;7-5-3-1-2-4-6(5)8;/h8,12H,4-7,11H2,1-3H3;5-6,8H,1-4,7H2;1H/t;5-,6-;/m.1./s1. The van der Waals surface area contributed by atoms with Gasteiger partial charge in [0.05, 0.1) is 12.2 Å². The average molecular weight is 323 g/mol. The van der Waals surface area contributed by atoms with Crippen molar-refractivity contribution in [2.75, 3.05) is 6.54 Å². The molecule has 2 unspecified atom stereocenters. The molecule has 0 heterocycles. The molecule has 0 aromatic carbocycles. The smallest absolute Gasteiger partial charge is 0.0691 e. The molecule has 0 saturated heterocycles. The van der Waals surface area contributed by atoms with E-state index in [1.165, 1.54) is 6.42 Å². The third-order valence-corrected chi connectivity index (χ3v) is 4.70. The van der Waals surface area contributed by atoms with Crippen molar-refractivity contribution < 1.29 is 10.2 Å². The van der Waals surface area contributed by atoms with Crippen molar-refractivity contribution in [1.82, 2.24) is 0 Å². The van der Waals surface area contributed by atoms with Crippen LogP contribution in [-0.4, -0.2) is 35.0 Å². The topological polar surface area (TPSA) is 92.5 Å². The molecule has 2 rings (SSSR count). The summed E-state index contributed by atoms with van der Waals surface area (Å²) in [6.07, 6.45) is 6.80. The van der Waals surface area contributed by atoms with Crippen molar-refractivity contribution in [3.8, 4) is 0 Å². The minimum absolute atomic E-state index is 0. The third-order valence-electron chi connectivity index (χ3n) is 4.70. The van der Waals surface area contributed by atoms with Gasteiger partial charge in [0.1, 0.15) is 0 Å². The molecule has 0 aromatic rings. The zero-order chi connectivity index (χ0) is 15.4. The van der Waals surface area contributed by atoms with E-state index in [-0.39, 0.29) is 41.5 Å². The first-order valence-corrected chi connectivity index (χ1v) is 7.99. The molecule has 128 valence electrons. The summed E-state index contributed by atoms with van der Waals surface area (Å²) in [4.78, 5) is 0. The molecule has 0 aliphatic heterocycles. The summed E-state index contributed by atoms with van der Waals surface area (Å²) >= 11 is 0. The molecular formula is C16H35ClN2O2. The SMILES string of the molecule is CC1(C)CC(O)CC(C)(CN)C1.Cl.N[C@@H]1CCCC[C@H]1O. The predicted molar refractivity (Wildman–Crippen MR) is 90.5 cm³/mol. The van der Waals surface area contributed by atoms with Gasteiger partial charge in [0.2, 0.25) is 0 Å². The number of aliphatic hydroxyl groups excluding tert-OH is 2. The van der Waals surface area contributed by atoms with Crippen LogP contribution in [0.25, 0.3) is 0 Å². The highest BCUT2D eigenvalue weighted by Gasteiger charge is 2.39. The number of rotatable bonds is 1. The van der Waals surface area contributed by atoms with Crippen LogP contribution < -0.4 is 11.5 Å². The second-order valence-corrected chi connectivity index (χ2v) is 7.93. The Kier molecular flexibility index (Phi) is 8.74. The van der Waals surface area contributed by atoms with Crippen molar-refractivity contribution >= 4 is 12.4 Å². The van der Waals surface area contributed by atoms with Gasteiger partial charge in [-0.1, -0.05) is 33.6 Å². The first-order chi connectivity index (χ1) is 9.17. The molecule has 4 nitrogen and oxygen atoms in total. The average Bonchev–Trinajstić information content (AvgIpc) is 2.31. The first kappa shape index (κ1) is 21.1. The summed E-state index contributed by atoms with van der Waals surface area (Å²) in [6, 6.07) is 0.0590. The molecule has 2 saturated carbocycles. The normalized spacial score (nSPS) is 38.7. The molecule has 0 bridgehead atoms. The highest BCUT2D eigenvalue weighted by atomic mass is 35.5. The van der Waals surface area contributed by atoms with Crippen LogP contribution in [0.1, 0.15) is 65.7 Å². The Morgan fingerprint density at radius 3 is 2.00 bits per heavy atom. The molecule has 2 aliphatic carbocycles. The number of hydrogen-bond donors (Lipinski definition) is 4. The van der Waals surface area contributed by atoms with Crippen LogP contribution in [0.5, 0.6) is 0 Å². The Labute approximate surface area is 136 Å². The van der Waals surface area contributed by atoms with E-state index in [4.69, 9.17) is 16.6 Å². The monoisotopic (exact) mass is 322 g/mol. The quantitative estimate of drug-likeness (QED) is 0.595. The Balaban J connectivity index is 0.000000390. The number of aliphatic hydroxyl groups is 2. The van der Waals surface area contributed by atoms with Crippen LogP contribution in [0.4, 0.5) is 0 Å². The van der Waals surface area contributed by atoms with E-state index in [1.807, 2.05) is 0 Å². The second-order valence-electron chi connectivity index (χ2n) is 7.93. The Morgan fingerprint density at radius 2 is 1.62 bits per heavy atom. The maximum absolute atomic E-state index is 9.66. The largest absolute Gasteiger partial charge is 0.393 e. The molecule has 6 N–H and O–H groups in total. The van der Waals surface area contributed by atoms with Gasteiger partial charge < -0.3 is 21.7 Å². The van der Waals surface area contributed by atoms with Crippen LogP contribution >= 0.6 is 12.4 Å². The summed E-state index contributed by atoms with van der Waals surface area (Å²) in [6.45, 7) is 7.29. The number of nitrogens with two attached hydrogens (primary N) is 2. The summed E-state index contributed by atoms with van der Waals surface area (Å²) in [5.41, 5.74) is 11.6. The van der Waals surface area contributed by atoms with Crippen LogP contribution in [0.2, 0.25) is 0 Å². The molecular weight excluding hydrogens is 288 g/mol. The lowest BCUT2D eigenvalue weighted by molar-refractivity contribution is -0.00501. The van der Waals surface area contributed by atoms with Gasteiger partial charge in [-0.2, -0.15) is 0 Å².